The Morgan fingerprint density at radius 3 is 3.08 bits per heavy atom. The average Bonchev–Trinajstić information content (AvgIpc) is 3.31. The van der Waals surface area contributed by atoms with Crippen LogP contribution >= 0.6 is 11.3 Å². The number of fused-ring (bicyclic) bond motifs is 1. The first-order valence-corrected chi connectivity index (χ1v) is 9.33. The summed E-state index contributed by atoms with van der Waals surface area (Å²) in [6.07, 6.45) is 3.35. The van der Waals surface area contributed by atoms with Gasteiger partial charge in [-0.3, -0.25) is 9.78 Å². The third-order valence-corrected chi connectivity index (χ3v) is 5.19. The van der Waals surface area contributed by atoms with Gasteiger partial charge in [0, 0.05) is 31.7 Å². The van der Waals surface area contributed by atoms with Crippen molar-refractivity contribution in [3.8, 4) is 0 Å². The molecule has 0 saturated carbocycles. The van der Waals surface area contributed by atoms with Gasteiger partial charge in [0.2, 0.25) is 0 Å². The quantitative estimate of drug-likeness (QED) is 0.781. The molecule has 0 aliphatic carbocycles. The number of amides is 1. The van der Waals surface area contributed by atoms with Gasteiger partial charge in [0.15, 0.2) is 0 Å². The fourth-order valence-corrected chi connectivity index (χ4v) is 3.86. The van der Waals surface area contributed by atoms with E-state index in [9.17, 15) is 4.79 Å². The third kappa shape index (κ3) is 3.19. The lowest BCUT2D eigenvalue weighted by Crippen LogP contribution is -2.32. The van der Waals surface area contributed by atoms with E-state index < -0.39 is 0 Å². The molecule has 1 amide bonds. The summed E-state index contributed by atoms with van der Waals surface area (Å²) < 4.78 is 0. The maximum Gasteiger partial charge on any atom is 0.272 e. The number of nitrogens with zero attached hydrogens (tertiary/aromatic N) is 4. The van der Waals surface area contributed by atoms with Crippen LogP contribution in [0.2, 0.25) is 0 Å². The Morgan fingerprint density at radius 2 is 2.28 bits per heavy atom. The smallest absolute Gasteiger partial charge is 0.272 e. The molecule has 4 heterocycles. The Bertz CT molecular complexity index is 895. The number of thiophene rings is 1. The molecule has 1 unspecified atom stereocenters. The predicted octanol–water partition coefficient (Wildman–Crippen LogP) is 2.98. The molecule has 0 bridgehead atoms. The largest absolute Gasteiger partial charge is 0.365 e. The van der Waals surface area contributed by atoms with Crippen LogP contribution in [0, 0.1) is 0 Å². The van der Waals surface area contributed by atoms with Crippen molar-refractivity contribution in [2.45, 2.75) is 25.8 Å². The number of hydrogen-bond acceptors (Lipinski definition) is 6. The molecule has 3 aromatic rings. The molecule has 0 aromatic carbocycles. The third-order valence-electron chi connectivity index (χ3n) is 4.39. The zero-order valence-electron chi connectivity index (χ0n) is 14.0. The monoisotopic (exact) mass is 353 g/mol. The van der Waals surface area contributed by atoms with Crippen LogP contribution in [-0.4, -0.2) is 44.9 Å². The van der Waals surface area contributed by atoms with Crippen molar-refractivity contribution in [1.29, 1.82) is 0 Å². The van der Waals surface area contributed by atoms with Gasteiger partial charge in [-0.05, 0) is 30.0 Å². The number of hydrogen-bond donors (Lipinski definition) is 1. The highest BCUT2D eigenvalue weighted by molar-refractivity contribution is 7.16. The van der Waals surface area contributed by atoms with E-state index in [1.54, 1.807) is 23.6 Å². The van der Waals surface area contributed by atoms with E-state index in [1.807, 2.05) is 28.5 Å². The maximum absolute atomic E-state index is 12.5. The van der Waals surface area contributed by atoms with Gasteiger partial charge in [-0.1, -0.05) is 13.0 Å². The molecule has 1 atom stereocenters. The SMILES string of the molecule is CCc1nc(NC2CCN(C(=O)c3ccccn3)C2)c2ccsc2n1. The van der Waals surface area contributed by atoms with Crippen LogP contribution in [0.4, 0.5) is 5.82 Å². The highest BCUT2D eigenvalue weighted by Crippen LogP contribution is 2.27. The maximum atomic E-state index is 12.5. The van der Waals surface area contributed by atoms with Crippen LogP contribution in [0.1, 0.15) is 29.7 Å². The van der Waals surface area contributed by atoms with Gasteiger partial charge in [-0.25, -0.2) is 9.97 Å². The first kappa shape index (κ1) is 16.0. The molecular weight excluding hydrogens is 334 g/mol. The molecule has 1 N–H and O–H groups in total. The minimum absolute atomic E-state index is 0.0116. The number of likely N-dealkylation sites (tertiary alicyclic amines) is 1. The first-order chi connectivity index (χ1) is 12.2. The second-order valence-electron chi connectivity index (χ2n) is 6.08. The minimum Gasteiger partial charge on any atom is -0.365 e. The van der Waals surface area contributed by atoms with Gasteiger partial charge in [-0.15, -0.1) is 11.3 Å². The first-order valence-electron chi connectivity index (χ1n) is 8.45. The Hall–Kier alpha value is -2.54. The van der Waals surface area contributed by atoms with E-state index in [1.165, 1.54) is 0 Å². The van der Waals surface area contributed by atoms with Crippen molar-refractivity contribution in [3.05, 3.63) is 47.4 Å². The van der Waals surface area contributed by atoms with Crippen LogP contribution in [0.25, 0.3) is 10.2 Å². The highest BCUT2D eigenvalue weighted by Gasteiger charge is 2.28. The van der Waals surface area contributed by atoms with Gasteiger partial charge in [-0.2, -0.15) is 0 Å². The van der Waals surface area contributed by atoms with Crippen molar-refractivity contribution in [2.75, 3.05) is 18.4 Å². The number of aryl methyl sites for hydroxylation is 1. The molecule has 25 heavy (non-hydrogen) atoms. The van der Waals surface area contributed by atoms with Gasteiger partial charge in [0.05, 0.1) is 5.39 Å². The van der Waals surface area contributed by atoms with Gasteiger partial charge in [0.25, 0.3) is 5.91 Å². The lowest BCUT2D eigenvalue weighted by atomic mass is 10.2. The van der Waals surface area contributed by atoms with E-state index >= 15 is 0 Å². The summed E-state index contributed by atoms with van der Waals surface area (Å²) in [5.74, 6) is 1.71. The van der Waals surface area contributed by atoms with E-state index in [2.05, 4.69) is 27.2 Å². The Kier molecular flexibility index (Phi) is 4.31. The van der Waals surface area contributed by atoms with Gasteiger partial charge < -0.3 is 10.2 Å². The van der Waals surface area contributed by atoms with Crippen LogP contribution in [0.3, 0.4) is 0 Å². The van der Waals surface area contributed by atoms with Crippen molar-refractivity contribution in [3.63, 3.8) is 0 Å². The van der Waals surface area contributed by atoms with Crippen molar-refractivity contribution in [2.24, 2.45) is 0 Å². The molecule has 128 valence electrons. The Balaban J connectivity index is 1.50. The van der Waals surface area contributed by atoms with E-state index in [0.717, 1.165) is 41.2 Å². The normalized spacial score (nSPS) is 17.2. The number of anilines is 1. The van der Waals surface area contributed by atoms with Crippen LogP contribution in [0.15, 0.2) is 35.8 Å². The average molecular weight is 353 g/mol. The van der Waals surface area contributed by atoms with Crippen LogP contribution < -0.4 is 5.32 Å². The summed E-state index contributed by atoms with van der Waals surface area (Å²) in [4.78, 5) is 28.8. The van der Waals surface area contributed by atoms with Crippen LogP contribution in [-0.2, 0) is 6.42 Å². The summed E-state index contributed by atoms with van der Waals surface area (Å²) in [7, 11) is 0. The molecule has 1 fully saturated rings. The Labute approximate surface area is 149 Å². The van der Waals surface area contributed by atoms with Crippen LogP contribution in [0.5, 0.6) is 0 Å². The molecule has 1 aliphatic rings. The number of nitrogens with one attached hydrogen (secondary N) is 1. The summed E-state index contributed by atoms with van der Waals surface area (Å²) in [6, 6.07) is 7.66. The van der Waals surface area contributed by atoms with E-state index in [-0.39, 0.29) is 11.9 Å². The topological polar surface area (TPSA) is 71.0 Å². The number of pyridine rings is 1. The summed E-state index contributed by atoms with van der Waals surface area (Å²) in [6.45, 7) is 3.44. The number of rotatable bonds is 4. The molecular formula is C18H19N5OS. The second kappa shape index (κ2) is 6.76. The molecule has 6 nitrogen and oxygen atoms in total. The fourth-order valence-electron chi connectivity index (χ4n) is 3.07. The van der Waals surface area contributed by atoms with Crippen molar-refractivity contribution < 1.29 is 4.79 Å². The summed E-state index contributed by atoms with van der Waals surface area (Å²) >= 11 is 1.63. The van der Waals surface area contributed by atoms with Crippen molar-refractivity contribution >= 4 is 33.3 Å². The molecule has 4 rings (SSSR count). The molecule has 0 radical (unpaired) electrons. The van der Waals surface area contributed by atoms with Crippen molar-refractivity contribution in [1.82, 2.24) is 19.9 Å². The molecule has 1 saturated heterocycles. The number of carbonyl (C=O) groups is 1. The fraction of sp³-hybridized carbons (Fsp3) is 0.333. The highest BCUT2D eigenvalue weighted by atomic mass is 32.1. The molecule has 0 spiro atoms. The zero-order valence-corrected chi connectivity index (χ0v) is 14.8. The number of carbonyl (C=O) groups excluding carboxylic acids is 1. The van der Waals surface area contributed by atoms with Gasteiger partial charge >= 0.3 is 0 Å². The van der Waals surface area contributed by atoms with E-state index in [4.69, 9.17) is 0 Å². The van der Waals surface area contributed by atoms with Gasteiger partial charge in [0.1, 0.15) is 22.2 Å². The second-order valence-corrected chi connectivity index (χ2v) is 6.97. The number of aromatic nitrogens is 3. The van der Waals surface area contributed by atoms with E-state index in [0.29, 0.717) is 12.2 Å². The summed E-state index contributed by atoms with van der Waals surface area (Å²) in [5, 5.41) is 6.61. The summed E-state index contributed by atoms with van der Waals surface area (Å²) in [5.41, 5.74) is 0.499. The Morgan fingerprint density at radius 1 is 1.36 bits per heavy atom. The molecule has 7 heteroatoms. The molecule has 3 aromatic heterocycles. The lowest BCUT2D eigenvalue weighted by molar-refractivity contribution is 0.0786. The minimum atomic E-state index is -0.0116. The molecule has 1 aliphatic heterocycles. The lowest BCUT2D eigenvalue weighted by Gasteiger charge is -2.17. The zero-order chi connectivity index (χ0) is 17.2. The predicted molar refractivity (Wildman–Crippen MR) is 99.0 cm³/mol. The standard InChI is InChI=1S/C18H19N5OS/c1-2-15-21-16(13-7-10-25-17(13)22-15)20-12-6-9-23(11-12)18(24)14-5-3-4-8-19-14/h3-5,7-8,10,12H,2,6,9,11H2,1H3,(H,20,21,22).